The average Bonchev–Trinajstić information content (AvgIpc) is 3.28. The summed E-state index contributed by atoms with van der Waals surface area (Å²) in [5, 5.41) is 20.7. The molecule has 0 unspecified atom stereocenters. The molecule has 0 aliphatic heterocycles. The van der Waals surface area contributed by atoms with Gasteiger partial charge in [0.2, 0.25) is 0 Å². The number of hydrogen-bond acceptors (Lipinski definition) is 4. The minimum Gasteiger partial charge on any atom is -0.485 e. The maximum Gasteiger partial charge on any atom is 0.357 e. The zero-order chi connectivity index (χ0) is 17.2. The molecule has 2 heterocycles. The Hall–Kier alpha value is -3.61. The lowest BCUT2D eigenvalue weighted by atomic mass is 10.2. The first-order valence-corrected chi connectivity index (χ1v) is 7.65. The van der Waals surface area contributed by atoms with E-state index in [9.17, 15) is 4.79 Å². The lowest BCUT2D eigenvalue weighted by Gasteiger charge is -2.05. The van der Waals surface area contributed by atoms with Gasteiger partial charge in [-0.25, -0.2) is 9.48 Å². The van der Waals surface area contributed by atoms with Gasteiger partial charge in [0.25, 0.3) is 0 Å². The molecule has 7 nitrogen and oxygen atoms in total. The first kappa shape index (κ1) is 14.9. The molecule has 25 heavy (non-hydrogen) atoms. The molecule has 0 bridgehead atoms. The minimum atomic E-state index is -1.08. The lowest BCUT2D eigenvalue weighted by molar-refractivity contribution is 0.0692. The first-order valence-electron chi connectivity index (χ1n) is 7.65. The number of carbonyl (C=O) groups is 1. The monoisotopic (exact) mass is 334 g/mol. The normalized spacial score (nSPS) is 10.9. The van der Waals surface area contributed by atoms with E-state index in [-0.39, 0.29) is 12.3 Å². The highest BCUT2D eigenvalue weighted by Gasteiger charge is 2.15. The van der Waals surface area contributed by atoms with Gasteiger partial charge in [0.05, 0.1) is 5.69 Å². The van der Waals surface area contributed by atoms with Crippen LogP contribution < -0.4 is 4.74 Å². The van der Waals surface area contributed by atoms with Crippen LogP contribution in [0.15, 0.2) is 60.8 Å². The quantitative estimate of drug-likeness (QED) is 0.585. The molecule has 0 saturated heterocycles. The summed E-state index contributed by atoms with van der Waals surface area (Å²) in [6, 6.07) is 16.9. The van der Waals surface area contributed by atoms with Crippen molar-refractivity contribution in [1.29, 1.82) is 0 Å². The number of aromatic nitrogens is 4. The third-order valence-corrected chi connectivity index (χ3v) is 3.80. The van der Waals surface area contributed by atoms with Gasteiger partial charge in [0.15, 0.2) is 5.69 Å². The van der Waals surface area contributed by atoms with Crippen molar-refractivity contribution in [2.45, 2.75) is 6.61 Å². The Morgan fingerprint density at radius 3 is 2.76 bits per heavy atom. The largest absolute Gasteiger partial charge is 0.485 e. The molecule has 0 aliphatic rings. The van der Waals surface area contributed by atoms with Gasteiger partial charge in [-0.05, 0) is 24.3 Å². The Morgan fingerprint density at radius 2 is 1.96 bits per heavy atom. The van der Waals surface area contributed by atoms with Crippen LogP contribution in [-0.4, -0.2) is 31.1 Å². The summed E-state index contributed by atoms with van der Waals surface area (Å²) in [5.74, 6) is -0.545. The molecule has 2 N–H and O–H groups in total. The summed E-state index contributed by atoms with van der Waals surface area (Å²) >= 11 is 0. The Kier molecular flexibility index (Phi) is 3.66. The zero-order valence-electron chi connectivity index (χ0n) is 13.1. The number of carboxylic acids is 1. The summed E-state index contributed by atoms with van der Waals surface area (Å²) in [7, 11) is 0. The van der Waals surface area contributed by atoms with Gasteiger partial charge in [0.1, 0.15) is 23.6 Å². The number of carboxylic acid groups (broad SMARTS) is 1. The van der Waals surface area contributed by atoms with Gasteiger partial charge in [-0.2, -0.15) is 10.2 Å². The number of nitrogens with one attached hydrogen (secondary N) is 1. The number of nitrogens with zero attached hydrogens (tertiary/aromatic N) is 3. The number of rotatable bonds is 5. The summed E-state index contributed by atoms with van der Waals surface area (Å²) in [4.78, 5) is 11.2. The zero-order valence-corrected chi connectivity index (χ0v) is 13.1. The van der Waals surface area contributed by atoms with E-state index < -0.39 is 5.97 Å². The second-order valence-corrected chi connectivity index (χ2v) is 5.43. The molecule has 124 valence electrons. The second kappa shape index (κ2) is 6.12. The van der Waals surface area contributed by atoms with Gasteiger partial charge in [-0.15, -0.1) is 0 Å². The van der Waals surface area contributed by atoms with E-state index >= 15 is 0 Å². The van der Waals surface area contributed by atoms with Crippen molar-refractivity contribution in [3.8, 4) is 11.4 Å². The lowest BCUT2D eigenvalue weighted by Crippen LogP contribution is -2.00. The summed E-state index contributed by atoms with van der Waals surface area (Å²) in [6.07, 6.45) is 1.87. The number of aromatic amines is 1. The molecular formula is C18H14N4O3. The van der Waals surface area contributed by atoms with Crippen LogP contribution in [0.3, 0.4) is 0 Å². The molecule has 4 aromatic rings. The molecule has 4 rings (SSSR count). The van der Waals surface area contributed by atoms with Gasteiger partial charge in [-0.3, -0.25) is 5.10 Å². The van der Waals surface area contributed by atoms with Crippen LogP contribution in [0, 0.1) is 0 Å². The van der Waals surface area contributed by atoms with E-state index in [4.69, 9.17) is 9.84 Å². The number of aromatic carboxylic acids is 1. The van der Waals surface area contributed by atoms with Crippen LogP contribution >= 0.6 is 0 Å². The maximum absolute atomic E-state index is 11.2. The predicted octanol–water partition coefficient (Wildman–Crippen LogP) is 3.03. The Labute approximate surface area is 142 Å². The highest BCUT2D eigenvalue weighted by atomic mass is 16.5. The Balaban J connectivity index is 1.55. The van der Waals surface area contributed by atoms with Crippen molar-refractivity contribution in [1.82, 2.24) is 20.0 Å². The third-order valence-electron chi connectivity index (χ3n) is 3.80. The smallest absolute Gasteiger partial charge is 0.357 e. The van der Waals surface area contributed by atoms with Crippen molar-refractivity contribution in [2.24, 2.45) is 0 Å². The summed E-state index contributed by atoms with van der Waals surface area (Å²) < 4.78 is 7.58. The Bertz CT molecular complexity index is 1040. The van der Waals surface area contributed by atoms with E-state index in [0.29, 0.717) is 16.7 Å². The number of ether oxygens (including phenoxy) is 1. The number of hydrogen-bond donors (Lipinski definition) is 2. The van der Waals surface area contributed by atoms with Gasteiger partial charge in [0, 0.05) is 11.6 Å². The van der Waals surface area contributed by atoms with E-state index in [1.807, 2.05) is 42.6 Å². The van der Waals surface area contributed by atoms with Crippen LogP contribution in [0.1, 0.15) is 16.2 Å². The molecule has 2 aromatic carbocycles. The molecule has 7 heteroatoms. The summed E-state index contributed by atoms with van der Waals surface area (Å²) in [6.45, 7) is 0.264. The molecule has 0 aliphatic carbocycles. The highest BCUT2D eigenvalue weighted by Crippen LogP contribution is 2.26. The van der Waals surface area contributed by atoms with Crippen molar-refractivity contribution in [3.05, 3.63) is 72.2 Å². The number of H-pyrrole nitrogens is 1. The predicted molar refractivity (Wildman–Crippen MR) is 90.9 cm³/mol. The van der Waals surface area contributed by atoms with Crippen molar-refractivity contribution in [3.63, 3.8) is 0 Å². The molecule has 0 spiro atoms. The van der Waals surface area contributed by atoms with E-state index in [1.54, 1.807) is 22.9 Å². The highest BCUT2D eigenvalue weighted by molar-refractivity contribution is 6.02. The van der Waals surface area contributed by atoms with Gasteiger partial charge in [-0.1, -0.05) is 30.3 Å². The molecule has 2 aromatic heterocycles. The SMILES string of the molecule is O=C(O)c1n[nH]c2c(OCc3ccn(-c4ccccc4)n3)cccc12. The standard InChI is InChI=1S/C18H14N4O3/c23-18(24)17-14-7-4-8-15(16(14)19-20-17)25-11-12-9-10-22(21-12)13-5-2-1-3-6-13/h1-10H,11H2,(H,19,20)(H,23,24). The third kappa shape index (κ3) is 2.83. The van der Waals surface area contributed by atoms with Gasteiger partial charge >= 0.3 is 5.97 Å². The van der Waals surface area contributed by atoms with Crippen molar-refractivity contribution < 1.29 is 14.6 Å². The van der Waals surface area contributed by atoms with E-state index in [2.05, 4.69) is 15.3 Å². The fourth-order valence-electron chi connectivity index (χ4n) is 2.61. The van der Waals surface area contributed by atoms with Crippen LogP contribution in [0.4, 0.5) is 0 Å². The van der Waals surface area contributed by atoms with Crippen LogP contribution in [-0.2, 0) is 6.61 Å². The second-order valence-electron chi connectivity index (χ2n) is 5.43. The average molecular weight is 334 g/mol. The number of para-hydroxylation sites is 2. The van der Waals surface area contributed by atoms with Gasteiger partial charge < -0.3 is 9.84 Å². The molecule has 0 amide bonds. The molecular weight excluding hydrogens is 320 g/mol. The number of fused-ring (bicyclic) bond motifs is 1. The minimum absolute atomic E-state index is 0.0196. The Morgan fingerprint density at radius 1 is 1.12 bits per heavy atom. The van der Waals surface area contributed by atoms with E-state index in [0.717, 1.165) is 11.4 Å². The number of benzene rings is 2. The molecule has 0 fully saturated rings. The van der Waals surface area contributed by atoms with Crippen molar-refractivity contribution >= 4 is 16.9 Å². The van der Waals surface area contributed by atoms with Crippen molar-refractivity contribution in [2.75, 3.05) is 0 Å². The van der Waals surface area contributed by atoms with Crippen LogP contribution in [0.5, 0.6) is 5.75 Å². The fourth-order valence-corrected chi connectivity index (χ4v) is 2.61. The van der Waals surface area contributed by atoms with Crippen LogP contribution in [0.25, 0.3) is 16.6 Å². The summed E-state index contributed by atoms with van der Waals surface area (Å²) in [5.41, 5.74) is 2.27. The molecule has 0 atom stereocenters. The van der Waals surface area contributed by atoms with Crippen LogP contribution in [0.2, 0.25) is 0 Å². The first-order chi connectivity index (χ1) is 12.2. The molecule has 0 radical (unpaired) electrons. The molecule has 0 saturated carbocycles. The van der Waals surface area contributed by atoms with E-state index in [1.165, 1.54) is 0 Å². The topological polar surface area (TPSA) is 93.0 Å². The maximum atomic E-state index is 11.2. The fraction of sp³-hybridized carbons (Fsp3) is 0.0556.